The molecule has 0 atom stereocenters. The number of rotatable bonds is 7. The first-order chi connectivity index (χ1) is 14.0. The summed E-state index contributed by atoms with van der Waals surface area (Å²) >= 11 is 0. The number of hydrogen-bond acceptors (Lipinski definition) is 6. The molecule has 8 nitrogen and oxygen atoms in total. The van der Waals surface area contributed by atoms with Gasteiger partial charge in [-0.1, -0.05) is 12.1 Å². The van der Waals surface area contributed by atoms with Gasteiger partial charge in [-0.15, -0.1) is 0 Å². The second kappa shape index (κ2) is 9.25. The zero-order valence-electron chi connectivity index (χ0n) is 16.5. The highest BCUT2D eigenvalue weighted by Crippen LogP contribution is 2.29. The third kappa shape index (κ3) is 4.69. The lowest BCUT2D eigenvalue weighted by molar-refractivity contribution is 0.0730. The van der Waals surface area contributed by atoms with Gasteiger partial charge >= 0.3 is 0 Å². The number of hydrogen-bond donors (Lipinski definition) is 2. The standard InChI is InChI=1S/C20H25N3O5S/c1-3-21-17-9-8-15(29(25,26)23-10-12-28-13-11-23)14-18(17)22-20(24)16-6-4-5-7-19(16)27-2/h4-9,14,21H,3,10-13H2,1-2H3,(H,22,24). The van der Waals surface area contributed by atoms with E-state index in [1.54, 1.807) is 36.4 Å². The number of carbonyl (C=O) groups excluding carboxylic acids is 1. The molecule has 1 saturated heterocycles. The largest absolute Gasteiger partial charge is 0.496 e. The molecule has 0 aliphatic carbocycles. The Hall–Kier alpha value is -2.62. The van der Waals surface area contributed by atoms with Crippen LogP contribution in [0.5, 0.6) is 5.75 Å². The van der Waals surface area contributed by atoms with Gasteiger partial charge in [0.05, 0.1) is 42.2 Å². The number of benzene rings is 2. The monoisotopic (exact) mass is 419 g/mol. The molecule has 3 rings (SSSR count). The molecule has 29 heavy (non-hydrogen) atoms. The molecule has 1 amide bonds. The molecule has 0 radical (unpaired) electrons. The zero-order valence-corrected chi connectivity index (χ0v) is 17.3. The number of methoxy groups -OCH3 is 1. The van der Waals surface area contributed by atoms with Gasteiger partial charge in [0.1, 0.15) is 5.75 Å². The lowest BCUT2D eigenvalue weighted by Crippen LogP contribution is -2.40. The van der Waals surface area contributed by atoms with E-state index in [0.717, 1.165) is 0 Å². The van der Waals surface area contributed by atoms with Gasteiger partial charge in [0.2, 0.25) is 10.0 Å². The van der Waals surface area contributed by atoms with Crippen molar-refractivity contribution in [1.29, 1.82) is 0 Å². The highest BCUT2D eigenvalue weighted by Gasteiger charge is 2.27. The van der Waals surface area contributed by atoms with Crippen molar-refractivity contribution in [2.45, 2.75) is 11.8 Å². The van der Waals surface area contributed by atoms with Crippen LogP contribution in [-0.4, -0.2) is 58.6 Å². The number of sulfonamides is 1. The predicted octanol–water partition coefficient (Wildman–Crippen LogP) is 2.40. The number of ether oxygens (including phenoxy) is 2. The van der Waals surface area contributed by atoms with Crippen LogP contribution >= 0.6 is 0 Å². The summed E-state index contributed by atoms with van der Waals surface area (Å²) in [6, 6.07) is 11.5. The fourth-order valence-electron chi connectivity index (χ4n) is 3.09. The van der Waals surface area contributed by atoms with Crippen LogP contribution in [0.4, 0.5) is 11.4 Å². The molecule has 2 N–H and O–H groups in total. The Bertz CT molecular complexity index is 972. The molecular formula is C20H25N3O5S. The second-order valence-electron chi connectivity index (χ2n) is 6.41. The van der Waals surface area contributed by atoms with E-state index in [0.29, 0.717) is 55.5 Å². The van der Waals surface area contributed by atoms with Gasteiger partial charge in [0.15, 0.2) is 0 Å². The molecule has 0 bridgehead atoms. The molecule has 2 aromatic carbocycles. The van der Waals surface area contributed by atoms with Crippen LogP contribution in [-0.2, 0) is 14.8 Å². The maximum Gasteiger partial charge on any atom is 0.259 e. The van der Waals surface area contributed by atoms with Crippen molar-refractivity contribution >= 4 is 27.3 Å². The lowest BCUT2D eigenvalue weighted by atomic mass is 10.1. The Balaban J connectivity index is 1.94. The predicted molar refractivity (Wildman–Crippen MR) is 111 cm³/mol. The van der Waals surface area contributed by atoms with Gasteiger partial charge < -0.3 is 20.1 Å². The van der Waals surface area contributed by atoms with Crippen LogP contribution in [0.3, 0.4) is 0 Å². The van der Waals surface area contributed by atoms with Crippen molar-refractivity contribution in [2.24, 2.45) is 0 Å². The number of carbonyl (C=O) groups is 1. The minimum Gasteiger partial charge on any atom is -0.496 e. The maximum atomic E-state index is 13.0. The fraction of sp³-hybridized carbons (Fsp3) is 0.350. The Morgan fingerprint density at radius 1 is 1.14 bits per heavy atom. The molecule has 1 aliphatic heterocycles. The summed E-state index contributed by atoms with van der Waals surface area (Å²) in [5.74, 6) is 0.0506. The van der Waals surface area contributed by atoms with Crippen LogP contribution in [0.2, 0.25) is 0 Å². The highest BCUT2D eigenvalue weighted by atomic mass is 32.2. The van der Waals surface area contributed by atoms with Crippen molar-refractivity contribution in [2.75, 3.05) is 50.6 Å². The molecule has 0 saturated carbocycles. The van der Waals surface area contributed by atoms with Gasteiger partial charge in [-0.2, -0.15) is 4.31 Å². The van der Waals surface area contributed by atoms with Crippen LogP contribution in [0.1, 0.15) is 17.3 Å². The van der Waals surface area contributed by atoms with Crippen LogP contribution < -0.4 is 15.4 Å². The van der Waals surface area contributed by atoms with E-state index >= 15 is 0 Å². The topological polar surface area (TPSA) is 97.0 Å². The fourth-order valence-corrected chi connectivity index (χ4v) is 4.52. The third-order valence-corrected chi connectivity index (χ3v) is 6.46. The van der Waals surface area contributed by atoms with Crippen molar-refractivity contribution in [1.82, 2.24) is 4.31 Å². The molecule has 1 heterocycles. The summed E-state index contributed by atoms with van der Waals surface area (Å²) < 4.78 is 37.8. The molecule has 0 unspecified atom stereocenters. The van der Waals surface area contributed by atoms with E-state index in [1.807, 2.05) is 6.92 Å². The first-order valence-corrected chi connectivity index (χ1v) is 10.8. The second-order valence-corrected chi connectivity index (χ2v) is 8.35. The van der Waals surface area contributed by atoms with E-state index in [2.05, 4.69) is 10.6 Å². The Morgan fingerprint density at radius 3 is 2.55 bits per heavy atom. The summed E-state index contributed by atoms with van der Waals surface area (Å²) in [4.78, 5) is 12.9. The van der Waals surface area contributed by atoms with E-state index in [4.69, 9.17) is 9.47 Å². The quantitative estimate of drug-likeness (QED) is 0.715. The maximum absolute atomic E-state index is 13.0. The Labute approximate surface area is 170 Å². The molecule has 1 aliphatic rings. The van der Waals surface area contributed by atoms with Crippen LogP contribution in [0, 0.1) is 0 Å². The van der Waals surface area contributed by atoms with Gasteiger partial charge in [-0.3, -0.25) is 4.79 Å². The molecule has 0 spiro atoms. The van der Waals surface area contributed by atoms with Gasteiger partial charge in [0.25, 0.3) is 5.91 Å². The summed E-state index contributed by atoms with van der Waals surface area (Å²) in [5.41, 5.74) is 1.38. The molecule has 0 aromatic heterocycles. The summed E-state index contributed by atoms with van der Waals surface area (Å²) in [6.07, 6.45) is 0. The van der Waals surface area contributed by atoms with Crippen LogP contribution in [0.15, 0.2) is 47.4 Å². The number of morpholine rings is 1. The number of amides is 1. The highest BCUT2D eigenvalue weighted by molar-refractivity contribution is 7.89. The number of nitrogens with one attached hydrogen (secondary N) is 2. The Kier molecular flexibility index (Phi) is 6.73. The average Bonchev–Trinajstić information content (AvgIpc) is 2.75. The van der Waals surface area contributed by atoms with Gasteiger partial charge in [-0.05, 0) is 37.3 Å². The Morgan fingerprint density at radius 2 is 1.86 bits per heavy atom. The van der Waals surface area contributed by atoms with E-state index in [1.165, 1.54) is 17.5 Å². The van der Waals surface area contributed by atoms with Gasteiger partial charge in [-0.25, -0.2) is 8.42 Å². The smallest absolute Gasteiger partial charge is 0.259 e. The van der Waals surface area contributed by atoms with Crippen molar-refractivity contribution < 1.29 is 22.7 Å². The summed E-state index contributed by atoms with van der Waals surface area (Å²) in [7, 11) is -2.19. The third-order valence-electron chi connectivity index (χ3n) is 4.57. The molecular weight excluding hydrogens is 394 g/mol. The van der Waals surface area contributed by atoms with Crippen LogP contribution in [0.25, 0.3) is 0 Å². The van der Waals surface area contributed by atoms with Crippen molar-refractivity contribution in [3.63, 3.8) is 0 Å². The van der Waals surface area contributed by atoms with Crippen molar-refractivity contribution in [3.05, 3.63) is 48.0 Å². The molecule has 9 heteroatoms. The average molecular weight is 420 g/mol. The number of nitrogens with zero attached hydrogens (tertiary/aromatic N) is 1. The first kappa shape index (κ1) is 21.1. The molecule has 156 valence electrons. The van der Waals surface area contributed by atoms with Crippen molar-refractivity contribution in [3.8, 4) is 5.75 Å². The normalized spacial score (nSPS) is 15.0. The zero-order chi connectivity index (χ0) is 20.9. The molecule has 2 aromatic rings. The van der Waals surface area contributed by atoms with E-state index < -0.39 is 10.0 Å². The number of anilines is 2. The minimum absolute atomic E-state index is 0.122. The minimum atomic E-state index is -3.68. The van der Waals surface area contributed by atoms with E-state index in [-0.39, 0.29) is 10.8 Å². The lowest BCUT2D eigenvalue weighted by Gasteiger charge is -2.26. The van der Waals surface area contributed by atoms with Gasteiger partial charge in [0, 0.05) is 19.6 Å². The SMILES string of the molecule is CCNc1ccc(S(=O)(=O)N2CCOCC2)cc1NC(=O)c1ccccc1OC. The summed E-state index contributed by atoms with van der Waals surface area (Å²) in [5, 5.41) is 5.96. The summed E-state index contributed by atoms with van der Waals surface area (Å²) in [6.45, 7) is 3.88. The first-order valence-electron chi connectivity index (χ1n) is 9.37. The number of para-hydroxylation sites is 1. The van der Waals surface area contributed by atoms with E-state index in [9.17, 15) is 13.2 Å². The molecule has 1 fully saturated rings.